The topological polar surface area (TPSA) is 146 Å². The van der Waals surface area contributed by atoms with Crippen LogP contribution in [0.25, 0.3) is 11.3 Å². The van der Waals surface area contributed by atoms with Crippen LogP contribution in [0.5, 0.6) is 0 Å². The zero-order chi connectivity index (χ0) is 50.4. The Bertz CT molecular complexity index is 2900. The van der Waals surface area contributed by atoms with E-state index in [1.54, 1.807) is 0 Å². The van der Waals surface area contributed by atoms with Gasteiger partial charge in [-0.1, -0.05) is 36.4 Å². The molecule has 16 nitrogen and oxygen atoms in total. The smallest absolute Gasteiger partial charge is 0.138 e. The maximum absolute atomic E-state index is 10.6. The lowest BCUT2D eigenvalue weighted by Gasteiger charge is -2.35. The van der Waals surface area contributed by atoms with Crippen LogP contribution in [-0.4, -0.2) is 135 Å². The van der Waals surface area contributed by atoms with Crippen LogP contribution in [-0.2, 0) is 52.2 Å². The van der Waals surface area contributed by atoms with Gasteiger partial charge in [-0.3, -0.25) is 38.5 Å². The van der Waals surface area contributed by atoms with Crippen LogP contribution < -0.4 is 9.80 Å². The van der Waals surface area contributed by atoms with Gasteiger partial charge in [0.25, 0.3) is 0 Å². The first-order valence-corrected chi connectivity index (χ1v) is 26.6. The molecule has 0 radical (unpaired) electrons. The van der Waals surface area contributed by atoms with Gasteiger partial charge in [-0.25, -0.2) is 9.97 Å². The van der Waals surface area contributed by atoms with Crippen LogP contribution in [0.3, 0.4) is 0 Å². The molecule has 2 saturated heterocycles. The molecule has 10 heterocycles. The molecule has 0 amide bonds. The van der Waals surface area contributed by atoms with Crippen molar-refractivity contribution in [1.29, 1.82) is 0 Å². The first-order chi connectivity index (χ1) is 36.4. The quantitative estimate of drug-likeness (QED) is 0.117. The number of hydrogen-bond acceptors (Lipinski definition) is 14. The van der Waals surface area contributed by atoms with Crippen LogP contribution in [0.2, 0.25) is 0 Å². The standard InChI is InChI=1S/2C29H35N7O/c2*1-33-15-17-34(18-16-33)28-12-5-11-27-32-24(26(21-37)36(27)28)20-35(19-23-9-2-3-13-30-23)25-10-4-7-22-8-6-14-31-29(22)25/h2*2-3,5-6,8-9,11-14,25,37H,4,7,10,15-21H2,1H3/t2*25-/m00/s1. The van der Waals surface area contributed by atoms with Gasteiger partial charge in [-0.2, -0.15) is 0 Å². The van der Waals surface area contributed by atoms with E-state index in [4.69, 9.17) is 19.9 Å². The number of pyridine rings is 6. The predicted molar refractivity (Wildman–Crippen MR) is 288 cm³/mol. The highest BCUT2D eigenvalue weighted by Crippen LogP contribution is 2.37. The van der Waals surface area contributed by atoms with E-state index in [2.05, 4.69) is 111 Å². The summed E-state index contributed by atoms with van der Waals surface area (Å²) in [6.45, 7) is 10.5. The Kier molecular flexibility index (Phi) is 15.3. The van der Waals surface area contributed by atoms with Gasteiger partial charge in [0.05, 0.1) is 70.8 Å². The number of aromatic nitrogens is 8. The number of aliphatic hydroxyl groups excluding tert-OH is 2. The van der Waals surface area contributed by atoms with E-state index in [-0.39, 0.29) is 25.3 Å². The molecule has 2 atom stereocenters. The van der Waals surface area contributed by atoms with E-state index >= 15 is 0 Å². The third-order valence-electron chi connectivity index (χ3n) is 15.7. The minimum Gasteiger partial charge on any atom is -0.390 e. The average Bonchev–Trinajstić information content (AvgIpc) is 4.01. The van der Waals surface area contributed by atoms with Crippen LogP contribution in [0.4, 0.5) is 11.6 Å². The zero-order valence-corrected chi connectivity index (χ0v) is 43.0. The monoisotopic (exact) mass is 995 g/mol. The highest BCUT2D eigenvalue weighted by molar-refractivity contribution is 5.56. The van der Waals surface area contributed by atoms with Crippen LogP contribution in [0, 0.1) is 0 Å². The van der Waals surface area contributed by atoms with Gasteiger partial charge < -0.3 is 29.8 Å². The van der Waals surface area contributed by atoms with Gasteiger partial charge >= 0.3 is 0 Å². The minimum atomic E-state index is -0.0574. The SMILES string of the molecule is CN1CCN(c2cccc3nc(CN(Cc4ccccn4)[C@H]4CCCc5cccnc54)c(CO)n23)CC1.CN1CCN(c2cccc3nc(CN(Cc4ccccn4)[C@H]4CCCc5cccnc54)c(CO)n23)CC1. The fourth-order valence-corrected chi connectivity index (χ4v) is 11.7. The molecule has 8 aromatic rings. The Morgan fingerprint density at radius 2 is 0.905 bits per heavy atom. The second-order valence-electron chi connectivity index (χ2n) is 20.4. The lowest BCUT2D eigenvalue weighted by molar-refractivity contribution is 0.151. The summed E-state index contributed by atoms with van der Waals surface area (Å²) in [6.07, 6.45) is 14.0. The number of hydrogen-bond donors (Lipinski definition) is 2. The summed E-state index contributed by atoms with van der Waals surface area (Å²) >= 11 is 0. The molecule has 16 heteroatoms. The fraction of sp³-hybridized carbons (Fsp3) is 0.414. The summed E-state index contributed by atoms with van der Waals surface area (Å²) in [5.41, 5.74) is 12.4. The Labute approximate surface area is 434 Å². The number of likely N-dealkylation sites (N-methyl/N-ethyl adjacent to an activating group) is 2. The van der Waals surface area contributed by atoms with Gasteiger partial charge in [0.1, 0.15) is 22.9 Å². The Hall–Kier alpha value is -6.66. The van der Waals surface area contributed by atoms with Gasteiger partial charge in [-0.15, -0.1) is 0 Å². The molecule has 384 valence electrons. The number of aryl methyl sites for hydroxylation is 2. The molecule has 2 N–H and O–H groups in total. The van der Waals surface area contributed by atoms with Gasteiger partial charge in [0, 0.05) is 103 Å². The molecule has 0 unspecified atom stereocenters. The summed E-state index contributed by atoms with van der Waals surface area (Å²) < 4.78 is 4.32. The van der Waals surface area contributed by atoms with Crippen molar-refractivity contribution in [1.82, 2.24) is 58.3 Å². The molecule has 2 aliphatic carbocycles. The van der Waals surface area contributed by atoms with Crippen molar-refractivity contribution in [2.45, 2.75) is 90.0 Å². The molecule has 74 heavy (non-hydrogen) atoms. The first kappa shape index (κ1) is 49.5. The van der Waals surface area contributed by atoms with E-state index in [0.717, 1.165) is 159 Å². The zero-order valence-electron chi connectivity index (χ0n) is 43.0. The molecule has 0 aromatic carbocycles. The van der Waals surface area contributed by atoms with E-state index in [0.29, 0.717) is 26.2 Å². The van der Waals surface area contributed by atoms with Crippen molar-refractivity contribution in [2.75, 3.05) is 76.3 Å². The van der Waals surface area contributed by atoms with Crippen molar-refractivity contribution in [2.24, 2.45) is 0 Å². The lowest BCUT2D eigenvalue weighted by Crippen LogP contribution is -2.45. The second-order valence-corrected chi connectivity index (χ2v) is 20.4. The number of piperazine rings is 2. The molecule has 0 spiro atoms. The molecule has 8 aromatic heterocycles. The summed E-state index contributed by atoms with van der Waals surface area (Å²) in [6, 6.07) is 33.6. The number of rotatable bonds is 14. The Balaban J connectivity index is 0.000000159. The predicted octanol–water partition coefficient (Wildman–Crippen LogP) is 6.90. The van der Waals surface area contributed by atoms with Crippen LogP contribution >= 0.6 is 0 Å². The minimum absolute atomic E-state index is 0.0574. The molecule has 0 saturated carbocycles. The number of fused-ring (bicyclic) bond motifs is 4. The molecule has 2 fully saturated rings. The number of anilines is 2. The number of aliphatic hydroxyl groups is 2. The molecular formula is C58H70N14O2. The third-order valence-corrected chi connectivity index (χ3v) is 15.7. The number of nitrogens with zero attached hydrogens (tertiary/aromatic N) is 14. The van der Waals surface area contributed by atoms with Crippen LogP contribution in [0.15, 0.2) is 122 Å². The Morgan fingerprint density at radius 3 is 1.31 bits per heavy atom. The third kappa shape index (κ3) is 10.7. The number of imidazole rings is 2. The van der Waals surface area contributed by atoms with Crippen molar-refractivity contribution in [3.63, 3.8) is 0 Å². The molecular weight excluding hydrogens is 925 g/mol. The second kappa shape index (κ2) is 22.8. The molecule has 4 aliphatic rings. The summed E-state index contributed by atoms with van der Waals surface area (Å²) in [5, 5.41) is 21.2. The average molecular weight is 995 g/mol. The van der Waals surface area contributed by atoms with E-state index < -0.39 is 0 Å². The summed E-state index contributed by atoms with van der Waals surface area (Å²) in [4.78, 5) is 43.5. The van der Waals surface area contributed by atoms with Crippen molar-refractivity contribution >= 4 is 22.9 Å². The summed E-state index contributed by atoms with van der Waals surface area (Å²) in [5.74, 6) is 2.21. The molecule has 2 aliphatic heterocycles. The fourth-order valence-electron chi connectivity index (χ4n) is 11.7. The highest BCUT2D eigenvalue weighted by Gasteiger charge is 2.32. The highest BCUT2D eigenvalue weighted by atomic mass is 16.3. The summed E-state index contributed by atoms with van der Waals surface area (Å²) in [7, 11) is 4.34. The molecule has 0 bridgehead atoms. The van der Waals surface area contributed by atoms with Crippen molar-refractivity contribution in [3.05, 3.63) is 179 Å². The lowest BCUT2D eigenvalue weighted by atomic mass is 9.90. The van der Waals surface area contributed by atoms with Crippen molar-refractivity contribution < 1.29 is 10.2 Å². The van der Waals surface area contributed by atoms with Gasteiger partial charge in [0.15, 0.2) is 0 Å². The maximum Gasteiger partial charge on any atom is 0.138 e. The van der Waals surface area contributed by atoms with E-state index in [1.165, 1.54) is 11.1 Å². The van der Waals surface area contributed by atoms with Gasteiger partial charge in [-0.05, 0) is 124 Å². The van der Waals surface area contributed by atoms with E-state index in [9.17, 15) is 10.2 Å². The normalized spacial score (nSPS) is 18.5. The first-order valence-electron chi connectivity index (χ1n) is 26.6. The largest absolute Gasteiger partial charge is 0.390 e. The van der Waals surface area contributed by atoms with Crippen molar-refractivity contribution in [3.8, 4) is 0 Å². The molecule has 12 rings (SSSR count). The van der Waals surface area contributed by atoms with Crippen LogP contribution in [0.1, 0.15) is 94.4 Å². The Morgan fingerprint density at radius 1 is 0.473 bits per heavy atom. The van der Waals surface area contributed by atoms with Gasteiger partial charge in [0.2, 0.25) is 0 Å². The van der Waals surface area contributed by atoms with E-state index in [1.807, 2.05) is 73.3 Å². The maximum atomic E-state index is 10.6.